The maximum atomic E-state index is 11.1. The first-order valence-electron chi connectivity index (χ1n) is 6.72. The van der Waals surface area contributed by atoms with E-state index in [0.717, 1.165) is 11.1 Å². The maximum absolute atomic E-state index is 11.1. The molecule has 108 valence electrons. The van der Waals surface area contributed by atoms with Crippen molar-refractivity contribution in [2.45, 2.75) is 6.42 Å². The molecule has 0 saturated carbocycles. The van der Waals surface area contributed by atoms with Gasteiger partial charge in [-0.2, -0.15) is 0 Å². The lowest BCUT2D eigenvalue weighted by molar-refractivity contribution is -0.383. The highest BCUT2D eigenvalue weighted by molar-refractivity contribution is 6.00. The van der Waals surface area contributed by atoms with Gasteiger partial charge in [0, 0.05) is 30.2 Å². The van der Waals surface area contributed by atoms with Crippen LogP contribution in [0.1, 0.15) is 6.42 Å². The average Bonchev–Trinajstić information content (AvgIpc) is 2.95. The Hall–Kier alpha value is -2.63. The lowest BCUT2D eigenvalue weighted by atomic mass is 10.1. The van der Waals surface area contributed by atoms with Gasteiger partial charge in [-0.25, -0.2) is 0 Å². The molecule has 1 atom stereocenters. The predicted octanol–water partition coefficient (Wildman–Crippen LogP) is 2.66. The summed E-state index contributed by atoms with van der Waals surface area (Å²) in [4.78, 5) is 23.8. The van der Waals surface area contributed by atoms with Crippen LogP contribution in [0.15, 0.2) is 36.4 Å². The first kappa shape index (κ1) is 13.4. The molecule has 0 aromatic heterocycles. The fourth-order valence-corrected chi connectivity index (χ4v) is 2.88. The van der Waals surface area contributed by atoms with Gasteiger partial charge in [-0.05, 0) is 18.6 Å². The van der Waals surface area contributed by atoms with Gasteiger partial charge in [0.2, 0.25) is 0 Å². The van der Waals surface area contributed by atoms with E-state index in [4.69, 9.17) is 5.11 Å². The van der Waals surface area contributed by atoms with Gasteiger partial charge in [0.15, 0.2) is 0 Å². The largest absolute Gasteiger partial charge is 0.481 e. The first-order valence-corrected chi connectivity index (χ1v) is 6.72. The fraction of sp³-hybridized carbons (Fsp3) is 0.267. The molecule has 0 unspecified atom stereocenters. The molecule has 6 heteroatoms. The van der Waals surface area contributed by atoms with Crippen LogP contribution < -0.4 is 4.90 Å². The second kappa shape index (κ2) is 5.05. The molecular formula is C15H14N2O4. The molecule has 1 N–H and O–H groups in total. The summed E-state index contributed by atoms with van der Waals surface area (Å²) in [6, 6.07) is 10.4. The second-order valence-electron chi connectivity index (χ2n) is 5.18. The number of carboxylic acids is 1. The van der Waals surface area contributed by atoms with Crippen molar-refractivity contribution in [3.63, 3.8) is 0 Å². The summed E-state index contributed by atoms with van der Waals surface area (Å²) in [6.07, 6.45) is 0.598. The van der Waals surface area contributed by atoms with E-state index in [1.54, 1.807) is 18.2 Å². The fourth-order valence-electron chi connectivity index (χ4n) is 2.88. The van der Waals surface area contributed by atoms with Crippen LogP contribution >= 0.6 is 0 Å². The average molecular weight is 286 g/mol. The molecule has 2 aromatic rings. The summed E-state index contributed by atoms with van der Waals surface area (Å²) in [5.41, 5.74) is 0.934. The van der Waals surface area contributed by atoms with E-state index in [9.17, 15) is 14.9 Å². The van der Waals surface area contributed by atoms with Crippen LogP contribution in [0.25, 0.3) is 10.8 Å². The van der Waals surface area contributed by atoms with E-state index < -0.39 is 10.9 Å². The molecule has 1 saturated heterocycles. The zero-order valence-corrected chi connectivity index (χ0v) is 11.2. The van der Waals surface area contributed by atoms with E-state index in [0.29, 0.717) is 24.9 Å². The molecule has 1 aliphatic rings. The zero-order valence-electron chi connectivity index (χ0n) is 11.2. The van der Waals surface area contributed by atoms with Gasteiger partial charge in [0.25, 0.3) is 5.69 Å². The van der Waals surface area contributed by atoms with Crippen LogP contribution in [0, 0.1) is 16.0 Å². The Morgan fingerprint density at radius 1 is 1.24 bits per heavy atom. The quantitative estimate of drug-likeness (QED) is 0.692. The highest BCUT2D eigenvalue weighted by Gasteiger charge is 2.29. The lowest BCUT2D eigenvalue weighted by Crippen LogP contribution is -2.22. The number of aliphatic carboxylic acids is 1. The Balaban J connectivity index is 2.07. The number of nitro groups is 1. The van der Waals surface area contributed by atoms with Gasteiger partial charge in [-0.1, -0.05) is 18.2 Å². The molecule has 0 radical (unpaired) electrons. The van der Waals surface area contributed by atoms with E-state index in [1.165, 1.54) is 6.07 Å². The number of carbonyl (C=O) groups is 1. The summed E-state index contributed by atoms with van der Waals surface area (Å²) in [7, 11) is 0. The summed E-state index contributed by atoms with van der Waals surface area (Å²) >= 11 is 0. The summed E-state index contributed by atoms with van der Waals surface area (Å²) < 4.78 is 0. The summed E-state index contributed by atoms with van der Waals surface area (Å²) in [6.45, 7) is 1.09. The van der Waals surface area contributed by atoms with Crippen molar-refractivity contribution in [3.8, 4) is 0 Å². The molecule has 1 fully saturated rings. The summed E-state index contributed by atoms with van der Waals surface area (Å²) in [5.74, 6) is -1.16. The Morgan fingerprint density at radius 3 is 2.57 bits per heavy atom. The van der Waals surface area contributed by atoms with Crippen molar-refractivity contribution < 1.29 is 14.8 Å². The van der Waals surface area contributed by atoms with Crippen molar-refractivity contribution in [3.05, 3.63) is 46.5 Å². The van der Waals surface area contributed by atoms with E-state index in [-0.39, 0.29) is 11.6 Å². The third kappa shape index (κ3) is 2.29. The zero-order chi connectivity index (χ0) is 15.0. The predicted molar refractivity (Wildman–Crippen MR) is 78.6 cm³/mol. The van der Waals surface area contributed by atoms with E-state index in [2.05, 4.69) is 0 Å². The molecule has 0 bridgehead atoms. The molecule has 0 aliphatic carbocycles. The van der Waals surface area contributed by atoms with Crippen molar-refractivity contribution in [1.82, 2.24) is 0 Å². The number of nitrogens with zero attached hydrogens (tertiary/aromatic N) is 2. The highest BCUT2D eigenvalue weighted by Crippen LogP contribution is 2.35. The number of hydrogen-bond acceptors (Lipinski definition) is 4. The van der Waals surface area contributed by atoms with Gasteiger partial charge >= 0.3 is 5.97 Å². The van der Waals surface area contributed by atoms with Gasteiger partial charge in [0.05, 0.1) is 16.2 Å². The number of nitro benzene ring substituents is 1. The highest BCUT2D eigenvalue weighted by atomic mass is 16.6. The van der Waals surface area contributed by atoms with Gasteiger partial charge < -0.3 is 10.0 Å². The Morgan fingerprint density at radius 2 is 1.95 bits per heavy atom. The molecule has 1 aliphatic heterocycles. The topological polar surface area (TPSA) is 83.7 Å². The molecular weight excluding hydrogens is 272 g/mol. The van der Waals surface area contributed by atoms with Crippen LogP contribution in [-0.4, -0.2) is 29.1 Å². The molecule has 0 amide bonds. The Bertz CT molecular complexity index is 729. The molecule has 2 aromatic carbocycles. The Labute approximate surface area is 120 Å². The molecule has 6 nitrogen and oxygen atoms in total. The SMILES string of the molecule is O=C(O)[C@@H]1CCN(c2ccc([N+](=O)[O-])c3ccccc23)C1. The van der Waals surface area contributed by atoms with Gasteiger partial charge in [-0.15, -0.1) is 0 Å². The van der Waals surface area contributed by atoms with Crippen LogP contribution in [0.2, 0.25) is 0 Å². The summed E-state index contributed by atoms with van der Waals surface area (Å²) in [5, 5.41) is 21.6. The number of benzene rings is 2. The normalized spacial score (nSPS) is 18.1. The van der Waals surface area contributed by atoms with Crippen molar-refractivity contribution in [1.29, 1.82) is 0 Å². The molecule has 21 heavy (non-hydrogen) atoms. The van der Waals surface area contributed by atoms with Gasteiger partial charge in [0.1, 0.15) is 0 Å². The minimum Gasteiger partial charge on any atom is -0.481 e. The number of carboxylic acid groups (broad SMARTS) is 1. The Kier molecular flexibility index (Phi) is 3.21. The van der Waals surface area contributed by atoms with E-state index in [1.807, 2.05) is 17.0 Å². The first-order chi connectivity index (χ1) is 10.1. The van der Waals surface area contributed by atoms with Gasteiger partial charge in [-0.3, -0.25) is 14.9 Å². The van der Waals surface area contributed by atoms with Crippen LogP contribution in [0.4, 0.5) is 11.4 Å². The third-order valence-corrected chi connectivity index (χ3v) is 3.95. The van der Waals surface area contributed by atoms with Crippen LogP contribution in [0.5, 0.6) is 0 Å². The lowest BCUT2D eigenvalue weighted by Gasteiger charge is -2.20. The third-order valence-electron chi connectivity index (χ3n) is 3.95. The monoisotopic (exact) mass is 286 g/mol. The van der Waals surface area contributed by atoms with Crippen LogP contribution in [-0.2, 0) is 4.79 Å². The molecule has 0 spiro atoms. The number of non-ortho nitro benzene ring substituents is 1. The molecule has 1 heterocycles. The number of fused-ring (bicyclic) bond motifs is 1. The van der Waals surface area contributed by atoms with Crippen molar-refractivity contribution in [2.24, 2.45) is 5.92 Å². The second-order valence-corrected chi connectivity index (χ2v) is 5.18. The molecule has 3 rings (SSSR count). The smallest absolute Gasteiger partial charge is 0.308 e. The number of anilines is 1. The van der Waals surface area contributed by atoms with Crippen molar-refractivity contribution in [2.75, 3.05) is 18.0 Å². The van der Waals surface area contributed by atoms with Crippen molar-refractivity contribution >= 4 is 28.1 Å². The number of rotatable bonds is 3. The maximum Gasteiger partial charge on any atom is 0.308 e. The van der Waals surface area contributed by atoms with Crippen LogP contribution in [0.3, 0.4) is 0 Å². The standard InChI is InChI=1S/C15H14N2O4/c18-15(19)10-7-8-16(9-10)13-5-6-14(17(20)21)12-4-2-1-3-11(12)13/h1-6,10H,7-9H2,(H,18,19)/t10-/m1/s1. The number of hydrogen-bond donors (Lipinski definition) is 1. The van der Waals surface area contributed by atoms with E-state index >= 15 is 0 Å². The minimum atomic E-state index is -0.788. The minimum absolute atomic E-state index is 0.0725.